The Kier molecular flexibility index (Phi) is 4.55. The average molecular weight is 329 g/mol. The molecule has 6 nitrogen and oxygen atoms in total. The largest absolute Gasteiger partial charge is 0.494 e. The van der Waals surface area contributed by atoms with Crippen LogP contribution in [0, 0.1) is 5.82 Å². The third kappa shape index (κ3) is 3.46. The molecule has 0 saturated heterocycles. The van der Waals surface area contributed by atoms with Crippen molar-refractivity contribution < 1.29 is 27.1 Å². The lowest BCUT2D eigenvalue weighted by molar-refractivity contribution is 0.0395. The van der Waals surface area contributed by atoms with Crippen LogP contribution in [0.2, 0.25) is 0 Å². The molecular formula is C14H16FNO5S. The Labute approximate surface area is 127 Å². The molecule has 0 bridgehead atoms. The summed E-state index contributed by atoms with van der Waals surface area (Å²) in [5.41, 5.74) is -1.53. The van der Waals surface area contributed by atoms with E-state index in [0.717, 1.165) is 6.07 Å². The number of rotatable bonds is 6. The van der Waals surface area contributed by atoms with Gasteiger partial charge in [-0.3, -0.25) is 0 Å². The predicted molar refractivity (Wildman–Crippen MR) is 76.4 cm³/mol. The number of furan rings is 1. The van der Waals surface area contributed by atoms with E-state index in [0.29, 0.717) is 0 Å². The van der Waals surface area contributed by atoms with Crippen LogP contribution in [0.4, 0.5) is 4.39 Å². The molecule has 1 atom stereocenters. The second-order valence-corrected chi connectivity index (χ2v) is 6.64. The van der Waals surface area contributed by atoms with Gasteiger partial charge in [0.05, 0.1) is 18.3 Å². The van der Waals surface area contributed by atoms with E-state index in [1.807, 2.05) is 0 Å². The molecule has 0 aliphatic rings. The standard InChI is InChI=1S/C14H16FNO5S/c1-14(17,13-4-3-7-21-13)9-16-22(18,19)10-5-6-12(20-2)11(15)8-10/h3-8,16-17H,9H2,1-2H3. The van der Waals surface area contributed by atoms with Crippen LogP contribution in [-0.2, 0) is 15.6 Å². The molecule has 0 saturated carbocycles. The summed E-state index contributed by atoms with van der Waals surface area (Å²) in [6.07, 6.45) is 1.37. The number of aliphatic hydroxyl groups is 1. The van der Waals surface area contributed by atoms with Gasteiger partial charge in [-0.05, 0) is 37.3 Å². The first-order chi connectivity index (χ1) is 10.3. The second kappa shape index (κ2) is 6.07. The third-order valence-electron chi connectivity index (χ3n) is 3.09. The van der Waals surface area contributed by atoms with E-state index in [1.165, 1.54) is 38.5 Å². The molecule has 1 aromatic carbocycles. The molecule has 2 rings (SSSR count). The van der Waals surface area contributed by atoms with Gasteiger partial charge in [0, 0.05) is 6.54 Å². The number of sulfonamides is 1. The van der Waals surface area contributed by atoms with Crippen LogP contribution in [-0.4, -0.2) is 27.2 Å². The predicted octanol–water partition coefficient (Wildman–Crippen LogP) is 1.61. The molecule has 1 aromatic heterocycles. The first kappa shape index (κ1) is 16.5. The van der Waals surface area contributed by atoms with E-state index >= 15 is 0 Å². The zero-order valence-corrected chi connectivity index (χ0v) is 12.9. The zero-order chi connectivity index (χ0) is 16.4. The van der Waals surface area contributed by atoms with Gasteiger partial charge in [0.2, 0.25) is 10.0 Å². The molecule has 0 aliphatic carbocycles. The monoisotopic (exact) mass is 329 g/mol. The van der Waals surface area contributed by atoms with Crippen molar-refractivity contribution in [1.82, 2.24) is 4.72 Å². The smallest absolute Gasteiger partial charge is 0.240 e. The molecule has 0 amide bonds. The lowest BCUT2D eigenvalue weighted by Crippen LogP contribution is -2.38. The fourth-order valence-corrected chi connectivity index (χ4v) is 2.95. The van der Waals surface area contributed by atoms with Crippen molar-refractivity contribution in [3.63, 3.8) is 0 Å². The maximum atomic E-state index is 13.6. The van der Waals surface area contributed by atoms with Crippen molar-refractivity contribution in [2.45, 2.75) is 17.4 Å². The van der Waals surface area contributed by atoms with Crippen LogP contribution < -0.4 is 9.46 Å². The summed E-state index contributed by atoms with van der Waals surface area (Å²) in [5.74, 6) is -0.624. The topological polar surface area (TPSA) is 88.8 Å². The first-order valence-electron chi connectivity index (χ1n) is 6.36. The highest BCUT2D eigenvalue weighted by atomic mass is 32.2. The summed E-state index contributed by atoms with van der Waals surface area (Å²) in [6, 6.07) is 6.39. The molecule has 2 aromatic rings. The number of hydrogen-bond acceptors (Lipinski definition) is 5. The fraction of sp³-hybridized carbons (Fsp3) is 0.286. The fourth-order valence-electron chi connectivity index (χ4n) is 1.81. The van der Waals surface area contributed by atoms with Gasteiger partial charge in [-0.25, -0.2) is 17.5 Å². The van der Waals surface area contributed by atoms with Gasteiger partial charge in [0.1, 0.15) is 11.4 Å². The van der Waals surface area contributed by atoms with Crippen LogP contribution >= 0.6 is 0 Å². The Morgan fingerprint density at radius 1 is 1.41 bits per heavy atom. The van der Waals surface area contributed by atoms with E-state index in [4.69, 9.17) is 9.15 Å². The van der Waals surface area contributed by atoms with Crippen LogP contribution in [0.1, 0.15) is 12.7 Å². The zero-order valence-electron chi connectivity index (χ0n) is 12.0. The molecule has 0 fully saturated rings. The van der Waals surface area contributed by atoms with Gasteiger partial charge in [-0.2, -0.15) is 0 Å². The van der Waals surface area contributed by atoms with E-state index in [-0.39, 0.29) is 22.9 Å². The highest BCUT2D eigenvalue weighted by Crippen LogP contribution is 2.23. The Hall–Kier alpha value is -1.90. The van der Waals surface area contributed by atoms with Crippen LogP contribution in [0.3, 0.4) is 0 Å². The maximum absolute atomic E-state index is 13.6. The van der Waals surface area contributed by atoms with Gasteiger partial charge in [0.25, 0.3) is 0 Å². The Morgan fingerprint density at radius 3 is 2.68 bits per heavy atom. The quantitative estimate of drug-likeness (QED) is 0.840. The highest BCUT2D eigenvalue weighted by Gasteiger charge is 2.29. The number of ether oxygens (including phenoxy) is 1. The van der Waals surface area contributed by atoms with E-state index in [1.54, 1.807) is 6.07 Å². The van der Waals surface area contributed by atoms with Crippen molar-refractivity contribution >= 4 is 10.0 Å². The molecule has 22 heavy (non-hydrogen) atoms. The molecule has 0 aliphatic heterocycles. The van der Waals surface area contributed by atoms with Crippen molar-refractivity contribution in [3.8, 4) is 5.75 Å². The van der Waals surface area contributed by atoms with Gasteiger partial charge < -0.3 is 14.3 Å². The van der Waals surface area contributed by atoms with Crippen molar-refractivity contribution in [2.75, 3.05) is 13.7 Å². The molecule has 0 radical (unpaired) electrons. The minimum Gasteiger partial charge on any atom is -0.494 e. The van der Waals surface area contributed by atoms with E-state index < -0.39 is 21.4 Å². The Morgan fingerprint density at radius 2 is 2.14 bits per heavy atom. The Balaban J connectivity index is 2.16. The van der Waals surface area contributed by atoms with Gasteiger partial charge >= 0.3 is 0 Å². The Bertz CT molecular complexity index is 741. The highest BCUT2D eigenvalue weighted by molar-refractivity contribution is 7.89. The normalized spacial score (nSPS) is 14.5. The van der Waals surface area contributed by atoms with Crippen LogP contribution in [0.25, 0.3) is 0 Å². The van der Waals surface area contributed by atoms with E-state index in [2.05, 4.69) is 4.72 Å². The maximum Gasteiger partial charge on any atom is 0.240 e. The number of hydrogen-bond donors (Lipinski definition) is 2. The van der Waals surface area contributed by atoms with Gasteiger partial charge in [0.15, 0.2) is 11.6 Å². The minimum absolute atomic E-state index is 0.0541. The first-order valence-corrected chi connectivity index (χ1v) is 7.84. The molecule has 0 spiro atoms. The minimum atomic E-state index is -3.98. The summed E-state index contributed by atoms with van der Waals surface area (Å²) in [5, 5.41) is 10.2. The molecule has 120 valence electrons. The van der Waals surface area contributed by atoms with Gasteiger partial charge in [-0.1, -0.05) is 0 Å². The molecule has 2 N–H and O–H groups in total. The lowest BCUT2D eigenvalue weighted by atomic mass is 10.1. The van der Waals surface area contributed by atoms with E-state index in [9.17, 15) is 17.9 Å². The summed E-state index contributed by atoms with van der Waals surface area (Å²) in [6.45, 7) is 1.08. The van der Waals surface area contributed by atoms with Crippen molar-refractivity contribution in [2.24, 2.45) is 0 Å². The summed E-state index contributed by atoms with van der Waals surface area (Å²) >= 11 is 0. The van der Waals surface area contributed by atoms with Crippen molar-refractivity contribution in [1.29, 1.82) is 0 Å². The summed E-state index contributed by atoms with van der Waals surface area (Å²) in [7, 11) is -2.70. The third-order valence-corrected chi connectivity index (χ3v) is 4.49. The number of methoxy groups -OCH3 is 1. The lowest BCUT2D eigenvalue weighted by Gasteiger charge is -2.21. The van der Waals surface area contributed by atoms with Crippen molar-refractivity contribution in [3.05, 3.63) is 48.2 Å². The number of halogens is 1. The number of nitrogens with one attached hydrogen (secondary N) is 1. The molecule has 1 unspecified atom stereocenters. The average Bonchev–Trinajstić information content (AvgIpc) is 3.00. The molecule has 8 heteroatoms. The molecular weight excluding hydrogens is 313 g/mol. The van der Waals surface area contributed by atoms with Crippen LogP contribution in [0.15, 0.2) is 45.9 Å². The summed E-state index contributed by atoms with van der Waals surface area (Å²) < 4.78 is 49.9. The molecule has 1 heterocycles. The summed E-state index contributed by atoms with van der Waals surface area (Å²) in [4.78, 5) is -0.263. The van der Waals surface area contributed by atoms with Crippen LogP contribution in [0.5, 0.6) is 5.75 Å². The number of benzene rings is 1. The SMILES string of the molecule is COc1ccc(S(=O)(=O)NCC(C)(O)c2ccco2)cc1F. The van der Waals surface area contributed by atoms with Gasteiger partial charge in [-0.15, -0.1) is 0 Å². The second-order valence-electron chi connectivity index (χ2n) is 4.87.